The van der Waals surface area contributed by atoms with Crippen molar-refractivity contribution in [3.8, 4) is 11.5 Å². The van der Waals surface area contributed by atoms with Crippen molar-refractivity contribution >= 4 is 18.0 Å². The largest absolute Gasteiger partial charge is 0.493 e. The van der Waals surface area contributed by atoms with E-state index in [0.717, 1.165) is 31.2 Å². The van der Waals surface area contributed by atoms with Crippen LogP contribution < -0.4 is 20.6 Å². The molecule has 0 heterocycles. The van der Waals surface area contributed by atoms with Gasteiger partial charge in [0.2, 0.25) is 5.91 Å². The Morgan fingerprint density at radius 2 is 1.89 bits per heavy atom. The van der Waals surface area contributed by atoms with Gasteiger partial charge in [0.1, 0.15) is 0 Å². The normalized spacial score (nSPS) is 20.0. The van der Waals surface area contributed by atoms with Gasteiger partial charge in [0, 0.05) is 5.92 Å². The molecule has 0 unspecified atom stereocenters. The Labute approximate surface area is 166 Å². The van der Waals surface area contributed by atoms with Crippen LogP contribution in [0.2, 0.25) is 0 Å². The number of nitrogens with two attached hydrogens (primary N) is 1. The number of primary amides is 1. The zero-order valence-corrected chi connectivity index (χ0v) is 17.2. The first-order valence-electron chi connectivity index (χ1n) is 9.62. The van der Waals surface area contributed by atoms with E-state index in [0.29, 0.717) is 22.8 Å². The van der Waals surface area contributed by atoms with Gasteiger partial charge in [-0.05, 0) is 60.8 Å². The van der Waals surface area contributed by atoms with Gasteiger partial charge in [-0.15, -0.1) is 0 Å². The molecule has 0 spiro atoms. The maximum absolute atomic E-state index is 12.4. The molecule has 0 aromatic heterocycles. The van der Waals surface area contributed by atoms with Gasteiger partial charge in [0.15, 0.2) is 18.1 Å². The number of hydrogen-bond acceptors (Lipinski definition) is 5. The lowest BCUT2D eigenvalue weighted by Gasteiger charge is -2.36. The van der Waals surface area contributed by atoms with Crippen molar-refractivity contribution in [2.24, 2.45) is 28.1 Å². The molecule has 7 heteroatoms. The molecule has 0 aliphatic heterocycles. The Bertz CT molecular complexity index is 717. The zero-order valence-electron chi connectivity index (χ0n) is 17.2. The first-order chi connectivity index (χ1) is 13.2. The van der Waals surface area contributed by atoms with Crippen LogP contribution >= 0.6 is 0 Å². The number of hydrogen-bond donors (Lipinski definition) is 2. The second-order valence-electron chi connectivity index (χ2n) is 8.31. The van der Waals surface area contributed by atoms with Crippen LogP contribution in [-0.4, -0.2) is 31.7 Å². The standard InChI is InChI=1S/C21H31N3O4/c1-21(2,3)16-8-6-15(7-9-16)20(26)24-23-12-14-5-10-17(18(11-14)27-4)28-13-19(22)25/h5,10-12,15-16H,6-9,13H2,1-4H3,(H2,22,25)(H,24,26)/b23-12+. The fourth-order valence-electron chi connectivity index (χ4n) is 3.52. The lowest BCUT2D eigenvalue weighted by Crippen LogP contribution is -2.33. The highest BCUT2D eigenvalue weighted by Crippen LogP contribution is 2.39. The van der Waals surface area contributed by atoms with Gasteiger partial charge in [0.05, 0.1) is 13.3 Å². The van der Waals surface area contributed by atoms with Crippen LogP contribution in [0.4, 0.5) is 0 Å². The molecule has 0 atom stereocenters. The van der Waals surface area contributed by atoms with Crippen molar-refractivity contribution < 1.29 is 19.1 Å². The Hall–Kier alpha value is -2.57. The van der Waals surface area contributed by atoms with Gasteiger partial charge in [-0.1, -0.05) is 20.8 Å². The highest BCUT2D eigenvalue weighted by Gasteiger charge is 2.32. The van der Waals surface area contributed by atoms with Crippen molar-refractivity contribution in [2.75, 3.05) is 13.7 Å². The highest BCUT2D eigenvalue weighted by atomic mass is 16.5. The molecule has 2 rings (SSSR count). The Kier molecular flexibility index (Phi) is 7.43. The smallest absolute Gasteiger partial charge is 0.255 e. The van der Waals surface area contributed by atoms with Crippen LogP contribution in [0, 0.1) is 17.3 Å². The van der Waals surface area contributed by atoms with Crippen molar-refractivity contribution in [3.63, 3.8) is 0 Å². The molecular weight excluding hydrogens is 358 g/mol. The van der Waals surface area contributed by atoms with Crippen molar-refractivity contribution in [1.29, 1.82) is 0 Å². The number of benzene rings is 1. The van der Waals surface area contributed by atoms with E-state index in [4.69, 9.17) is 15.2 Å². The third-order valence-corrected chi connectivity index (χ3v) is 5.27. The maximum atomic E-state index is 12.4. The summed E-state index contributed by atoms with van der Waals surface area (Å²) in [4.78, 5) is 23.2. The Morgan fingerprint density at radius 1 is 1.21 bits per heavy atom. The Balaban J connectivity index is 1.88. The number of rotatable bonds is 7. The van der Waals surface area contributed by atoms with Crippen molar-refractivity contribution in [3.05, 3.63) is 23.8 Å². The molecule has 1 fully saturated rings. The molecule has 7 nitrogen and oxygen atoms in total. The maximum Gasteiger partial charge on any atom is 0.255 e. The topological polar surface area (TPSA) is 103 Å². The number of nitrogens with one attached hydrogen (secondary N) is 1. The molecule has 3 N–H and O–H groups in total. The summed E-state index contributed by atoms with van der Waals surface area (Å²) >= 11 is 0. The third-order valence-electron chi connectivity index (χ3n) is 5.27. The third kappa shape index (κ3) is 6.25. The minimum Gasteiger partial charge on any atom is -0.493 e. The van der Waals surface area contributed by atoms with Crippen LogP contribution in [-0.2, 0) is 9.59 Å². The molecule has 154 valence electrons. The predicted molar refractivity (Wildman–Crippen MR) is 108 cm³/mol. The monoisotopic (exact) mass is 389 g/mol. The van der Waals surface area contributed by atoms with Crippen LogP contribution in [0.3, 0.4) is 0 Å². The molecule has 2 amide bonds. The second-order valence-corrected chi connectivity index (χ2v) is 8.31. The second kappa shape index (κ2) is 9.57. The lowest BCUT2D eigenvalue weighted by atomic mass is 9.70. The summed E-state index contributed by atoms with van der Waals surface area (Å²) in [5.74, 6) is 0.969. The number of ether oxygens (including phenoxy) is 2. The average Bonchev–Trinajstić information content (AvgIpc) is 2.66. The van der Waals surface area contributed by atoms with E-state index in [1.54, 1.807) is 24.4 Å². The van der Waals surface area contributed by atoms with Gasteiger partial charge in [0.25, 0.3) is 5.91 Å². The summed E-state index contributed by atoms with van der Waals surface area (Å²) in [7, 11) is 1.50. The van der Waals surface area contributed by atoms with Crippen molar-refractivity contribution in [1.82, 2.24) is 5.43 Å². The molecule has 0 saturated heterocycles. The number of carbonyl (C=O) groups is 2. The quantitative estimate of drug-likeness (QED) is 0.553. The summed E-state index contributed by atoms with van der Waals surface area (Å²) in [6.07, 6.45) is 5.52. The zero-order chi connectivity index (χ0) is 20.7. The SMILES string of the molecule is COc1cc(/C=N/NC(=O)C2CCC(C(C)(C)C)CC2)ccc1OCC(N)=O. The highest BCUT2D eigenvalue weighted by molar-refractivity contribution is 5.84. The molecule has 28 heavy (non-hydrogen) atoms. The van der Waals surface area contributed by atoms with E-state index in [2.05, 4.69) is 31.3 Å². The number of hydrazone groups is 1. The van der Waals surface area contributed by atoms with Gasteiger partial charge in [-0.3, -0.25) is 9.59 Å². The molecular formula is C21H31N3O4. The van der Waals surface area contributed by atoms with Crippen LogP contribution in [0.15, 0.2) is 23.3 Å². The minimum absolute atomic E-state index is 0.0230. The van der Waals surface area contributed by atoms with E-state index >= 15 is 0 Å². The number of methoxy groups -OCH3 is 1. The van der Waals surface area contributed by atoms with E-state index in [1.165, 1.54) is 7.11 Å². The molecule has 1 aliphatic carbocycles. The lowest BCUT2D eigenvalue weighted by molar-refractivity contribution is -0.126. The number of amides is 2. The fourth-order valence-corrected chi connectivity index (χ4v) is 3.52. The summed E-state index contributed by atoms with van der Waals surface area (Å²) < 4.78 is 10.5. The first-order valence-corrected chi connectivity index (χ1v) is 9.62. The predicted octanol–water partition coefficient (Wildman–Crippen LogP) is 2.86. The van der Waals surface area contributed by atoms with Crippen LogP contribution in [0.5, 0.6) is 11.5 Å². The average molecular weight is 389 g/mol. The van der Waals surface area contributed by atoms with Gasteiger partial charge in [-0.25, -0.2) is 5.43 Å². The van der Waals surface area contributed by atoms with E-state index in [-0.39, 0.29) is 18.4 Å². The molecule has 1 aromatic carbocycles. The summed E-state index contributed by atoms with van der Waals surface area (Å²) in [5.41, 5.74) is 8.76. The molecule has 1 aliphatic rings. The van der Waals surface area contributed by atoms with E-state index in [1.807, 2.05) is 0 Å². The molecule has 1 aromatic rings. The summed E-state index contributed by atoms with van der Waals surface area (Å²) in [6.45, 7) is 6.57. The van der Waals surface area contributed by atoms with E-state index < -0.39 is 5.91 Å². The first kappa shape index (κ1) is 21.7. The molecule has 1 saturated carbocycles. The van der Waals surface area contributed by atoms with Gasteiger partial charge >= 0.3 is 0 Å². The minimum atomic E-state index is -0.563. The fraction of sp³-hybridized carbons (Fsp3) is 0.571. The van der Waals surface area contributed by atoms with Gasteiger partial charge < -0.3 is 15.2 Å². The Morgan fingerprint density at radius 3 is 2.46 bits per heavy atom. The number of nitrogens with zero attached hydrogens (tertiary/aromatic N) is 1. The van der Waals surface area contributed by atoms with Crippen molar-refractivity contribution in [2.45, 2.75) is 46.5 Å². The number of carbonyl (C=O) groups excluding carboxylic acids is 2. The van der Waals surface area contributed by atoms with Gasteiger partial charge in [-0.2, -0.15) is 5.10 Å². The molecule has 0 radical (unpaired) electrons. The summed E-state index contributed by atoms with van der Waals surface area (Å²) in [5, 5.41) is 4.07. The summed E-state index contributed by atoms with van der Waals surface area (Å²) in [6, 6.07) is 5.13. The molecule has 0 bridgehead atoms. The van der Waals surface area contributed by atoms with Crippen LogP contribution in [0.25, 0.3) is 0 Å². The van der Waals surface area contributed by atoms with E-state index in [9.17, 15) is 9.59 Å². The van der Waals surface area contributed by atoms with Crippen LogP contribution in [0.1, 0.15) is 52.0 Å².